The summed E-state index contributed by atoms with van der Waals surface area (Å²) in [6.45, 7) is 3.12. The van der Waals surface area contributed by atoms with E-state index in [1.54, 1.807) is 13.8 Å². The summed E-state index contributed by atoms with van der Waals surface area (Å²) in [6, 6.07) is 11.0. The number of rotatable bonds is 7. The summed E-state index contributed by atoms with van der Waals surface area (Å²) in [7, 11) is 0. The molecule has 25 heavy (non-hydrogen) atoms. The van der Waals surface area contributed by atoms with Gasteiger partial charge in [0, 0.05) is 6.04 Å². The van der Waals surface area contributed by atoms with Crippen LogP contribution in [0.15, 0.2) is 30.3 Å². The van der Waals surface area contributed by atoms with Crippen LogP contribution in [0.1, 0.15) is 45.1 Å². The fraction of sp³-hybridized carbons (Fsp3) is 0.684. The summed E-state index contributed by atoms with van der Waals surface area (Å²) in [5, 5.41) is 13.2. The Morgan fingerprint density at radius 1 is 1.20 bits per heavy atom. The monoisotopic (exact) mass is 349 g/mol. The Labute approximate surface area is 150 Å². The van der Waals surface area contributed by atoms with Crippen molar-refractivity contribution in [1.82, 2.24) is 21.3 Å². The number of alkyl halides is 1. The van der Waals surface area contributed by atoms with Crippen LogP contribution in [0.3, 0.4) is 0 Å². The molecule has 1 aromatic rings. The van der Waals surface area contributed by atoms with E-state index in [1.807, 2.05) is 6.07 Å². The molecule has 1 saturated heterocycles. The highest BCUT2D eigenvalue weighted by atomic mass is 19.1. The molecule has 0 bridgehead atoms. The first-order valence-electron chi connectivity index (χ1n) is 9.44. The van der Waals surface area contributed by atoms with Crippen LogP contribution in [0, 0.1) is 5.92 Å². The fourth-order valence-corrected chi connectivity index (χ4v) is 3.64. The minimum atomic E-state index is -1.39. The van der Waals surface area contributed by atoms with Crippen LogP contribution in [-0.2, 0) is 6.42 Å². The van der Waals surface area contributed by atoms with Crippen molar-refractivity contribution in [2.45, 2.75) is 76.4 Å². The Morgan fingerprint density at radius 2 is 1.92 bits per heavy atom. The summed E-state index contributed by atoms with van der Waals surface area (Å²) in [6.07, 6.45) is 4.83. The van der Waals surface area contributed by atoms with Gasteiger partial charge in [0.2, 0.25) is 0 Å². The molecule has 0 amide bonds. The van der Waals surface area contributed by atoms with Gasteiger partial charge in [0.05, 0.1) is 6.17 Å². The summed E-state index contributed by atoms with van der Waals surface area (Å²) >= 11 is 0. The molecule has 4 atom stereocenters. The van der Waals surface area contributed by atoms with Crippen molar-refractivity contribution in [3.63, 3.8) is 0 Å². The highest BCUT2D eigenvalue weighted by molar-refractivity contribution is 5.15. The Balaban J connectivity index is 1.59. The Hall–Kier alpha value is -1.05. The van der Waals surface area contributed by atoms with Crippen molar-refractivity contribution in [1.29, 1.82) is 0 Å². The first-order valence-corrected chi connectivity index (χ1v) is 9.44. The van der Waals surface area contributed by atoms with E-state index >= 15 is 0 Å². The lowest BCUT2D eigenvalue weighted by atomic mass is 9.78. The third-order valence-electron chi connectivity index (χ3n) is 5.40. The van der Waals surface area contributed by atoms with Gasteiger partial charge < -0.3 is 5.73 Å². The maximum absolute atomic E-state index is 14.3. The average molecular weight is 349 g/mol. The van der Waals surface area contributed by atoms with Crippen LogP contribution in [0.4, 0.5) is 4.39 Å². The van der Waals surface area contributed by atoms with Crippen molar-refractivity contribution in [2.24, 2.45) is 11.7 Å². The van der Waals surface area contributed by atoms with Crippen LogP contribution in [-0.4, -0.2) is 30.5 Å². The number of hydrogen-bond acceptors (Lipinski definition) is 5. The van der Waals surface area contributed by atoms with E-state index in [0.717, 1.165) is 12.8 Å². The molecule has 6 N–H and O–H groups in total. The van der Waals surface area contributed by atoms with Crippen LogP contribution in [0.25, 0.3) is 0 Å². The molecule has 1 heterocycles. The Kier molecular flexibility index (Phi) is 6.07. The zero-order valence-corrected chi connectivity index (χ0v) is 15.3. The van der Waals surface area contributed by atoms with E-state index in [-0.39, 0.29) is 6.29 Å². The lowest BCUT2D eigenvalue weighted by Gasteiger charge is -2.44. The number of benzene rings is 1. The molecule has 3 rings (SSSR count). The normalized spacial score (nSPS) is 29.2. The van der Waals surface area contributed by atoms with Crippen molar-refractivity contribution >= 4 is 0 Å². The van der Waals surface area contributed by atoms with Crippen LogP contribution < -0.4 is 27.0 Å². The number of hydrogen-bond donors (Lipinski definition) is 5. The zero-order chi connectivity index (χ0) is 17.9. The van der Waals surface area contributed by atoms with Crippen LogP contribution in [0.5, 0.6) is 0 Å². The smallest absolute Gasteiger partial charge is 0.133 e. The van der Waals surface area contributed by atoms with Crippen molar-refractivity contribution < 1.29 is 4.39 Å². The number of nitrogens with two attached hydrogens (primary N) is 1. The number of nitrogens with one attached hydrogen (secondary N) is 4. The molecule has 0 radical (unpaired) electrons. The van der Waals surface area contributed by atoms with E-state index < -0.39 is 18.1 Å². The maximum Gasteiger partial charge on any atom is 0.133 e. The van der Waals surface area contributed by atoms with Gasteiger partial charge in [-0.2, -0.15) is 0 Å². The molecule has 0 spiro atoms. The van der Waals surface area contributed by atoms with Crippen molar-refractivity contribution in [3.05, 3.63) is 35.9 Å². The minimum absolute atomic E-state index is 0.197. The SMILES string of the molecule is CC(C)(F)C1NC(N)NC(NC(CCc2ccccc2)C2CCC2)N1. The molecule has 1 aliphatic carbocycles. The van der Waals surface area contributed by atoms with Gasteiger partial charge in [-0.1, -0.05) is 36.8 Å². The van der Waals surface area contributed by atoms with E-state index in [4.69, 9.17) is 5.73 Å². The first-order chi connectivity index (χ1) is 11.9. The summed E-state index contributed by atoms with van der Waals surface area (Å²) < 4.78 is 14.3. The highest BCUT2D eigenvalue weighted by Crippen LogP contribution is 2.31. The summed E-state index contributed by atoms with van der Waals surface area (Å²) in [5.74, 6) is 0.690. The third kappa shape index (κ3) is 5.21. The minimum Gasteiger partial charge on any atom is -0.303 e. The van der Waals surface area contributed by atoms with Gasteiger partial charge in [0.15, 0.2) is 0 Å². The van der Waals surface area contributed by atoms with Gasteiger partial charge in [0.1, 0.15) is 18.2 Å². The summed E-state index contributed by atoms with van der Waals surface area (Å²) in [4.78, 5) is 0. The number of halogens is 1. The molecule has 1 aromatic carbocycles. The molecule has 6 heteroatoms. The molecule has 1 aliphatic heterocycles. The molecule has 140 valence electrons. The lowest BCUT2D eigenvalue weighted by molar-refractivity contribution is 0.0489. The van der Waals surface area contributed by atoms with Gasteiger partial charge in [-0.15, -0.1) is 0 Å². The van der Waals surface area contributed by atoms with E-state index in [2.05, 4.69) is 45.5 Å². The molecule has 2 fully saturated rings. The Morgan fingerprint density at radius 3 is 2.52 bits per heavy atom. The van der Waals surface area contributed by atoms with Gasteiger partial charge in [-0.25, -0.2) is 4.39 Å². The van der Waals surface area contributed by atoms with Gasteiger partial charge in [-0.05, 0) is 51.0 Å². The molecule has 1 saturated carbocycles. The molecule has 4 unspecified atom stereocenters. The van der Waals surface area contributed by atoms with Crippen LogP contribution in [0.2, 0.25) is 0 Å². The van der Waals surface area contributed by atoms with Crippen molar-refractivity contribution in [2.75, 3.05) is 0 Å². The molecule has 0 aromatic heterocycles. The first kappa shape index (κ1) is 18.7. The maximum atomic E-state index is 14.3. The topological polar surface area (TPSA) is 74.1 Å². The highest BCUT2D eigenvalue weighted by Gasteiger charge is 2.37. The van der Waals surface area contributed by atoms with E-state index in [9.17, 15) is 4.39 Å². The second-order valence-corrected chi connectivity index (χ2v) is 7.90. The quantitative estimate of drug-likeness (QED) is 0.519. The zero-order valence-electron chi connectivity index (χ0n) is 15.3. The van der Waals surface area contributed by atoms with Gasteiger partial charge in [0.25, 0.3) is 0 Å². The predicted molar refractivity (Wildman–Crippen MR) is 99.2 cm³/mol. The third-order valence-corrected chi connectivity index (χ3v) is 5.40. The number of aryl methyl sites for hydroxylation is 1. The van der Waals surface area contributed by atoms with E-state index in [0.29, 0.717) is 12.0 Å². The van der Waals surface area contributed by atoms with E-state index in [1.165, 1.54) is 24.8 Å². The molecular formula is C19H32FN5. The predicted octanol–water partition coefficient (Wildman–Crippen LogP) is 1.76. The van der Waals surface area contributed by atoms with Crippen LogP contribution >= 0.6 is 0 Å². The second kappa shape index (κ2) is 8.10. The molecule has 5 nitrogen and oxygen atoms in total. The van der Waals surface area contributed by atoms with Crippen molar-refractivity contribution in [3.8, 4) is 0 Å². The standard InChI is InChI=1S/C19H32FN5/c1-19(2,20)16-23-17(21)25-18(24-16)22-15(14-9-6-10-14)12-11-13-7-4-3-5-8-13/h3-5,7-8,14-18,22-25H,6,9-12,21H2,1-2H3. The average Bonchev–Trinajstić information content (AvgIpc) is 2.50. The lowest BCUT2D eigenvalue weighted by Crippen LogP contribution is -2.77. The largest absolute Gasteiger partial charge is 0.303 e. The van der Waals surface area contributed by atoms with Gasteiger partial charge >= 0.3 is 0 Å². The Bertz CT molecular complexity index is 528. The second-order valence-electron chi connectivity index (χ2n) is 7.90. The molecular weight excluding hydrogens is 317 g/mol. The fourth-order valence-electron chi connectivity index (χ4n) is 3.64. The van der Waals surface area contributed by atoms with Gasteiger partial charge in [-0.3, -0.25) is 21.3 Å². The summed E-state index contributed by atoms with van der Waals surface area (Å²) in [5.41, 5.74) is 5.97. The molecule has 2 aliphatic rings.